The quantitative estimate of drug-likeness (QED) is 0.377. The van der Waals surface area contributed by atoms with E-state index in [1.54, 1.807) is 6.92 Å². The lowest BCUT2D eigenvalue weighted by Gasteiger charge is -2.13. The fourth-order valence-electron chi connectivity index (χ4n) is 2.72. The highest BCUT2D eigenvalue weighted by molar-refractivity contribution is 5.98. The number of benzene rings is 2. The average molecular weight is 326 g/mol. The summed E-state index contributed by atoms with van der Waals surface area (Å²) in [6.07, 6.45) is 4.39. The van der Waals surface area contributed by atoms with Crippen LogP contribution < -0.4 is 0 Å². The summed E-state index contributed by atoms with van der Waals surface area (Å²) >= 11 is 0. The van der Waals surface area contributed by atoms with Crippen LogP contribution in [0.3, 0.4) is 0 Å². The van der Waals surface area contributed by atoms with Crippen LogP contribution in [0.5, 0.6) is 0 Å². The number of unbranched alkanes of at least 4 members (excludes halogenated alkanes) is 3. The van der Waals surface area contributed by atoms with Gasteiger partial charge in [0.2, 0.25) is 0 Å². The van der Waals surface area contributed by atoms with Crippen LogP contribution in [0.25, 0.3) is 10.8 Å². The van der Waals surface area contributed by atoms with Crippen molar-refractivity contribution in [3.63, 3.8) is 0 Å². The van der Waals surface area contributed by atoms with Crippen LogP contribution >= 0.6 is 0 Å². The molecule has 0 bridgehead atoms. The van der Waals surface area contributed by atoms with E-state index in [9.17, 15) is 9.59 Å². The summed E-state index contributed by atoms with van der Waals surface area (Å²) in [6, 6.07) is 11.5. The lowest BCUT2D eigenvalue weighted by molar-refractivity contribution is -0.145. The van der Waals surface area contributed by atoms with E-state index in [1.807, 2.05) is 43.3 Å². The molecule has 1 unspecified atom stereocenters. The standard InChI is InChI=1S/C21H26O3/c1-4-5-6-7-12-24-21(23)15(2)17-8-10-20-14-18(16(3)22)9-11-19(20)13-17/h8-11,13-15H,4-7,12H2,1-3H3. The van der Waals surface area contributed by atoms with Gasteiger partial charge in [0.15, 0.2) is 5.78 Å². The van der Waals surface area contributed by atoms with Crippen LogP contribution in [0, 0.1) is 0 Å². The molecule has 0 radical (unpaired) electrons. The Morgan fingerprint density at radius 1 is 1.00 bits per heavy atom. The highest BCUT2D eigenvalue weighted by Gasteiger charge is 2.17. The first-order valence-electron chi connectivity index (χ1n) is 8.74. The smallest absolute Gasteiger partial charge is 0.313 e. The number of esters is 1. The molecule has 0 saturated heterocycles. The Hall–Kier alpha value is -2.16. The van der Waals surface area contributed by atoms with Crippen molar-refractivity contribution in [1.29, 1.82) is 0 Å². The molecule has 0 amide bonds. The molecule has 0 aliphatic carbocycles. The molecule has 0 spiro atoms. The molecule has 3 heteroatoms. The topological polar surface area (TPSA) is 43.4 Å². The third-order valence-electron chi connectivity index (χ3n) is 4.37. The van der Waals surface area contributed by atoms with Gasteiger partial charge in [-0.25, -0.2) is 0 Å². The molecule has 0 N–H and O–H groups in total. The number of hydrogen-bond acceptors (Lipinski definition) is 3. The second-order valence-corrected chi connectivity index (χ2v) is 6.33. The number of fused-ring (bicyclic) bond motifs is 1. The van der Waals surface area contributed by atoms with E-state index >= 15 is 0 Å². The van der Waals surface area contributed by atoms with Crippen LogP contribution in [0.15, 0.2) is 36.4 Å². The first-order chi connectivity index (χ1) is 11.5. The number of Topliss-reactive ketones (excluding diaryl/α,β-unsaturated/α-hetero) is 1. The van der Waals surface area contributed by atoms with E-state index in [0.717, 1.165) is 29.2 Å². The molecular formula is C21H26O3. The summed E-state index contributed by atoms with van der Waals surface area (Å²) in [5.41, 5.74) is 1.64. The van der Waals surface area contributed by atoms with E-state index in [0.29, 0.717) is 12.2 Å². The number of ether oxygens (including phenoxy) is 1. The SMILES string of the molecule is CCCCCCOC(=O)C(C)c1ccc2cc(C(C)=O)ccc2c1. The molecule has 2 aromatic rings. The predicted octanol–water partition coefficient (Wildman–Crippen LogP) is 5.27. The number of carbonyl (C=O) groups excluding carboxylic acids is 2. The van der Waals surface area contributed by atoms with Crippen LogP contribution in [-0.4, -0.2) is 18.4 Å². The largest absolute Gasteiger partial charge is 0.465 e. The van der Waals surface area contributed by atoms with Crippen molar-refractivity contribution in [2.75, 3.05) is 6.61 Å². The lowest BCUT2D eigenvalue weighted by atomic mass is 9.96. The van der Waals surface area contributed by atoms with Crippen LogP contribution in [0.4, 0.5) is 0 Å². The molecule has 0 heterocycles. The highest BCUT2D eigenvalue weighted by atomic mass is 16.5. The van der Waals surface area contributed by atoms with Gasteiger partial charge in [-0.2, -0.15) is 0 Å². The minimum absolute atomic E-state index is 0.0565. The summed E-state index contributed by atoms with van der Waals surface area (Å²) in [5, 5.41) is 2.03. The summed E-state index contributed by atoms with van der Waals surface area (Å²) in [7, 11) is 0. The molecule has 128 valence electrons. The molecule has 24 heavy (non-hydrogen) atoms. The van der Waals surface area contributed by atoms with E-state index in [-0.39, 0.29) is 17.7 Å². The van der Waals surface area contributed by atoms with Crippen LogP contribution in [-0.2, 0) is 9.53 Å². The zero-order valence-electron chi connectivity index (χ0n) is 14.8. The maximum absolute atomic E-state index is 12.2. The van der Waals surface area contributed by atoms with Gasteiger partial charge < -0.3 is 4.74 Å². The monoisotopic (exact) mass is 326 g/mol. The number of rotatable bonds is 8. The van der Waals surface area contributed by atoms with Crippen molar-refractivity contribution in [1.82, 2.24) is 0 Å². The number of carbonyl (C=O) groups is 2. The maximum atomic E-state index is 12.2. The molecule has 0 fully saturated rings. The third-order valence-corrected chi connectivity index (χ3v) is 4.37. The minimum atomic E-state index is -0.284. The first-order valence-corrected chi connectivity index (χ1v) is 8.74. The molecule has 0 aliphatic heterocycles. The van der Waals surface area contributed by atoms with E-state index in [1.165, 1.54) is 12.8 Å². The van der Waals surface area contributed by atoms with Gasteiger partial charge in [-0.3, -0.25) is 9.59 Å². The summed E-state index contributed by atoms with van der Waals surface area (Å²) in [6.45, 7) is 6.10. The fraction of sp³-hybridized carbons (Fsp3) is 0.429. The third kappa shape index (κ3) is 4.67. The molecule has 0 aromatic heterocycles. The maximum Gasteiger partial charge on any atom is 0.313 e. The van der Waals surface area contributed by atoms with E-state index in [2.05, 4.69) is 6.92 Å². The van der Waals surface area contributed by atoms with Crippen LogP contribution in [0.1, 0.15) is 68.3 Å². The molecule has 2 rings (SSSR count). The van der Waals surface area contributed by atoms with E-state index < -0.39 is 0 Å². The Kier molecular flexibility index (Phi) is 6.53. The minimum Gasteiger partial charge on any atom is -0.465 e. The van der Waals surface area contributed by atoms with Gasteiger partial charge in [-0.15, -0.1) is 0 Å². The Morgan fingerprint density at radius 3 is 2.42 bits per heavy atom. The van der Waals surface area contributed by atoms with Gasteiger partial charge in [0.1, 0.15) is 0 Å². The number of hydrogen-bond donors (Lipinski definition) is 0. The Bertz CT molecular complexity index is 718. The van der Waals surface area contributed by atoms with Crippen molar-refractivity contribution >= 4 is 22.5 Å². The first kappa shape index (κ1) is 18.2. The molecule has 0 saturated carbocycles. The Morgan fingerprint density at radius 2 is 1.71 bits per heavy atom. The highest BCUT2D eigenvalue weighted by Crippen LogP contribution is 2.24. The van der Waals surface area contributed by atoms with Crippen molar-refractivity contribution in [2.24, 2.45) is 0 Å². The molecule has 3 nitrogen and oxygen atoms in total. The molecule has 0 aliphatic rings. The average Bonchev–Trinajstić information content (AvgIpc) is 2.59. The van der Waals surface area contributed by atoms with Gasteiger partial charge in [-0.05, 0) is 42.7 Å². The summed E-state index contributed by atoms with van der Waals surface area (Å²) < 4.78 is 5.38. The predicted molar refractivity (Wildman–Crippen MR) is 97.5 cm³/mol. The van der Waals surface area contributed by atoms with Crippen molar-refractivity contribution in [3.05, 3.63) is 47.5 Å². The zero-order valence-corrected chi connectivity index (χ0v) is 14.8. The van der Waals surface area contributed by atoms with Gasteiger partial charge in [0.05, 0.1) is 12.5 Å². The second-order valence-electron chi connectivity index (χ2n) is 6.33. The van der Waals surface area contributed by atoms with Crippen LogP contribution in [0.2, 0.25) is 0 Å². The lowest BCUT2D eigenvalue weighted by Crippen LogP contribution is -2.14. The summed E-state index contributed by atoms with van der Waals surface area (Å²) in [5.74, 6) is -0.403. The van der Waals surface area contributed by atoms with Gasteiger partial charge in [-0.1, -0.05) is 56.5 Å². The molecule has 1 atom stereocenters. The van der Waals surface area contributed by atoms with Crippen molar-refractivity contribution in [3.8, 4) is 0 Å². The second kappa shape index (κ2) is 8.62. The summed E-state index contributed by atoms with van der Waals surface area (Å²) in [4.78, 5) is 23.6. The van der Waals surface area contributed by atoms with Gasteiger partial charge in [0.25, 0.3) is 0 Å². The Balaban J connectivity index is 2.03. The van der Waals surface area contributed by atoms with Crippen molar-refractivity contribution < 1.29 is 14.3 Å². The Labute approximate surface area is 144 Å². The van der Waals surface area contributed by atoms with Crippen molar-refractivity contribution in [2.45, 2.75) is 52.4 Å². The molecular weight excluding hydrogens is 300 g/mol. The fourth-order valence-corrected chi connectivity index (χ4v) is 2.72. The van der Waals surface area contributed by atoms with Gasteiger partial charge in [0, 0.05) is 5.56 Å². The van der Waals surface area contributed by atoms with Gasteiger partial charge >= 0.3 is 5.97 Å². The normalized spacial score (nSPS) is 12.1. The zero-order chi connectivity index (χ0) is 17.5. The number of ketones is 1. The van der Waals surface area contributed by atoms with E-state index in [4.69, 9.17) is 4.74 Å². The molecule has 2 aromatic carbocycles.